The first-order chi connectivity index (χ1) is 9.19. The minimum Gasteiger partial charge on any atom is -0.506 e. The maximum atomic E-state index is 12.9. The van der Waals surface area contributed by atoms with E-state index in [9.17, 15) is 13.5 Å². The van der Waals surface area contributed by atoms with Gasteiger partial charge < -0.3 is 9.84 Å². The van der Waals surface area contributed by atoms with Crippen molar-refractivity contribution in [2.75, 3.05) is 13.2 Å². The van der Waals surface area contributed by atoms with Crippen molar-refractivity contribution in [3.05, 3.63) is 22.7 Å². The van der Waals surface area contributed by atoms with Crippen LogP contribution in [0.5, 0.6) is 5.75 Å². The average molecular weight is 319 g/mol. The molecule has 4 nitrogen and oxygen atoms in total. The first-order valence-corrected chi connectivity index (χ1v) is 8.36. The fourth-order valence-electron chi connectivity index (χ4n) is 2.47. The summed E-state index contributed by atoms with van der Waals surface area (Å²) < 4.78 is 30.1. The molecule has 0 amide bonds. The molecule has 0 unspecified atom stereocenters. The molecule has 1 aliphatic rings. The topological polar surface area (TPSA) is 63.6 Å². The zero-order valence-electron chi connectivity index (χ0n) is 11.8. The summed E-state index contributed by atoms with van der Waals surface area (Å²) in [5, 5.41) is 10.2. The second-order valence-corrected chi connectivity index (χ2v) is 8.58. The molecule has 2 rings (SSSR count). The van der Waals surface area contributed by atoms with Gasteiger partial charge in [0.05, 0.1) is 16.4 Å². The number of aromatic hydroxyl groups is 1. The van der Waals surface area contributed by atoms with Crippen LogP contribution in [0.25, 0.3) is 0 Å². The number of aryl methyl sites for hydroxylation is 1. The summed E-state index contributed by atoms with van der Waals surface area (Å²) >= 11 is 6.03. The molecule has 1 fully saturated rings. The van der Waals surface area contributed by atoms with E-state index in [1.54, 1.807) is 26.8 Å². The predicted octanol–water partition coefficient (Wildman–Crippen LogP) is 2.94. The highest BCUT2D eigenvalue weighted by atomic mass is 35.5. The molecule has 1 aromatic carbocycles. The first kappa shape index (κ1) is 15.6. The Labute approximate surface area is 124 Å². The number of hydrogen-bond donors (Lipinski definition) is 1. The molecule has 20 heavy (non-hydrogen) atoms. The van der Waals surface area contributed by atoms with Gasteiger partial charge in [-0.2, -0.15) is 0 Å². The lowest BCUT2D eigenvalue weighted by Crippen LogP contribution is -2.40. The second kappa shape index (κ2) is 5.20. The third-order valence-corrected chi connectivity index (χ3v) is 7.26. The van der Waals surface area contributed by atoms with Crippen LogP contribution >= 0.6 is 11.6 Å². The number of halogens is 1. The minimum absolute atomic E-state index is 0.0556. The Morgan fingerprint density at radius 2 is 2.05 bits per heavy atom. The summed E-state index contributed by atoms with van der Waals surface area (Å²) in [6, 6.07) is 3.10. The largest absolute Gasteiger partial charge is 0.506 e. The molecule has 0 bridgehead atoms. The number of phenols is 1. The van der Waals surface area contributed by atoms with Crippen LogP contribution in [0.3, 0.4) is 0 Å². The molecule has 1 aromatic rings. The van der Waals surface area contributed by atoms with Gasteiger partial charge in [-0.25, -0.2) is 8.42 Å². The Kier molecular flexibility index (Phi) is 4.06. The van der Waals surface area contributed by atoms with E-state index in [0.29, 0.717) is 25.2 Å². The quantitative estimate of drug-likeness (QED) is 0.930. The predicted molar refractivity (Wildman–Crippen MR) is 78.0 cm³/mol. The van der Waals surface area contributed by atoms with Gasteiger partial charge in [-0.15, -0.1) is 0 Å². The maximum Gasteiger partial charge on any atom is 0.189 e. The normalized spacial score (nSPS) is 20.3. The van der Waals surface area contributed by atoms with Crippen molar-refractivity contribution in [2.45, 2.75) is 36.8 Å². The molecular weight excluding hydrogens is 300 g/mol. The van der Waals surface area contributed by atoms with Crippen LogP contribution in [0.2, 0.25) is 5.02 Å². The van der Waals surface area contributed by atoms with Crippen molar-refractivity contribution in [1.29, 1.82) is 0 Å². The molecule has 1 atom stereocenters. The van der Waals surface area contributed by atoms with Crippen LogP contribution in [-0.2, 0) is 14.6 Å². The summed E-state index contributed by atoms with van der Waals surface area (Å²) in [7, 11) is -3.77. The van der Waals surface area contributed by atoms with Crippen LogP contribution in [-0.4, -0.2) is 31.5 Å². The Bertz CT molecular complexity index is 616. The number of hydrogen-bond acceptors (Lipinski definition) is 4. The molecule has 1 heterocycles. The number of ether oxygens (including phenoxy) is 1. The van der Waals surface area contributed by atoms with E-state index in [1.165, 1.54) is 6.07 Å². The third kappa shape index (κ3) is 2.32. The van der Waals surface area contributed by atoms with E-state index < -0.39 is 14.6 Å². The number of benzene rings is 1. The van der Waals surface area contributed by atoms with Crippen molar-refractivity contribution in [1.82, 2.24) is 0 Å². The van der Waals surface area contributed by atoms with Crippen molar-refractivity contribution >= 4 is 21.4 Å². The smallest absolute Gasteiger partial charge is 0.189 e. The lowest BCUT2D eigenvalue weighted by molar-refractivity contribution is 0.179. The Morgan fingerprint density at radius 3 is 2.60 bits per heavy atom. The van der Waals surface area contributed by atoms with Gasteiger partial charge in [0.25, 0.3) is 0 Å². The average Bonchev–Trinajstić information content (AvgIpc) is 2.88. The van der Waals surface area contributed by atoms with Crippen molar-refractivity contribution in [2.24, 2.45) is 5.92 Å². The molecule has 0 aromatic heterocycles. The zero-order valence-corrected chi connectivity index (χ0v) is 13.4. The third-order valence-electron chi connectivity index (χ3n) is 4.16. The van der Waals surface area contributed by atoms with E-state index in [1.807, 2.05) is 0 Å². The molecular formula is C14H19ClO4S. The number of rotatable bonds is 3. The summed E-state index contributed by atoms with van der Waals surface area (Å²) in [5.74, 6) is -0.368. The molecule has 0 saturated carbocycles. The summed E-state index contributed by atoms with van der Waals surface area (Å²) in [6.07, 6.45) is 0.691. The first-order valence-electron chi connectivity index (χ1n) is 6.50. The monoisotopic (exact) mass is 318 g/mol. The van der Waals surface area contributed by atoms with E-state index >= 15 is 0 Å². The van der Waals surface area contributed by atoms with Gasteiger partial charge in [-0.05, 0) is 38.8 Å². The molecule has 0 radical (unpaired) electrons. The standard InChI is InChI=1S/C14H19ClO4S/c1-9-4-5-11(15)13(12(9)16)20(17,18)14(2,3)10-6-7-19-8-10/h4-5,10,16H,6-8H2,1-3H3/t10-/m0/s1. The molecule has 6 heteroatoms. The highest BCUT2D eigenvalue weighted by Gasteiger charge is 2.46. The molecule has 1 N–H and O–H groups in total. The van der Waals surface area contributed by atoms with Crippen LogP contribution in [0.4, 0.5) is 0 Å². The van der Waals surface area contributed by atoms with Crippen LogP contribution < -0.4 is 0 Å². The number of phenolic OH excluding ortho intramolecular Hbond substituents is 1. The molecule has 0 aliphatic carbocycles. The summed E-state index contributed by atoms with van der Waals surface area (Å²) in [5.41, 5.74) is 0.492. The lowest BCUT2D eigenvalue weighted by Gasteiger charge is -2.31. The van der Waals surface area contributed by atoms with E-state index in [-0.39, 0.29) is 21.6 Å². The number of sulfone groups is 1. The van der Waals surface area contributed by atoms with Gasteiger partial charge in [0.15, 0.2) is 9.84 Å². The highest BCUT2D eigenvalue weighted by Crippen LogP contribution is 2.43. The highest BCUT2D eigenvalue weighted by molar-refractivity contribution is 7.93. The molecule has 1 aliphatic heterocycles. The van der Waals surface area contributed by atoms with Crippen LogP contribution in [0.1, 0.15) is 25.8 Å². The fraction of sp³-hybridized carbons (Fsp3) is 0.571. The summed E-state index contributed by atoms with van der Waals surface area (Å²) in [6.45, 7) is 5.96. The van der Waals surface area contributed by atoms with E-state index in [2.05, 4.69) is 0 Å². The Morgan fingerprint density at radius 1 is 1.40 bits per heavy atom. The van der Waals surface area contributed by atoms with Gasteiger partial charge >= 0.3 is 0 Å². The SMILES string of the molecule is Cc1ccc(Cl)c(S(=O)(=O)C(C)(C)[C@H]2CCOC2)c1O. The zero-order chi connectivity index (χ0) is 15.1. The minimum atomic E-state index is -3.77. The Hall–Kier alpha value is -0.780. The van der Waals surface area contributed by atoms with Crippen LogP contribution in [0.15, 0.2) is 17.0 Å². The molecule has 0 spiro atoms. The van der Waals surface area contributed by atoms with E-state index in [4.69, 9.17) is 16.3 Å². The second-order valence-electron chi connectivity index (χ2n) is 5.71. The van der Waals surface area contributed by atoms with Crippen molar-refractivity contribution in [3.8, 4) is 5.75 Å². The van der Waals surface area contributed by atoms with Gasteiger partial charge in [0, 0.05) is 12.5 Å². The Balaban J connectivity index is 2.58. The van der Waals surface area contributed by atoms with Gasteiger partial charge in [-0.3, -0.25) is 0 Å². The van der Waals surface area contributed by atoms with Gasteiger partial charge in [0.1, 0.15) is 10.6 Å². The maximum absolute atomic E-state index is 12.9. The van der Waals surface area contributed by atoms with E-state index in [0.717, 1.165) is 0 Å². The van der Waals surface area contributed by atoms with Gasteiger partial charge in [-0.1, -0.05) is 17.7 Å². The summed E-state index contributed by atoms with van der Waals surface area (Å²) in [4.78, 5) is -0.170. The van der Waals surface area contributed by atoms with Crippen molar-refractivity contribution < 1.29 is 18.3 Å². The van der Waals surface area contributed by atoms with Crippen molar-refractivity contribution in [3.63, 3.8) is 0 Å². The van der Waals surface area contributed by atoms with Crippen LogP contribution in [0, 0.1) is 12.8 Å². The lowest BCUT2D eigenvalue weighted by atomic mass is 9.94. The molecule has 1 saturated heterocycles. The fourth-order valence-corrected chi connectivity index (χ4v) is 4.81. The molecule has 112 valence electrons. The van der Waals surface area contributed by atoms with Gasteiger partial charge in [0.2, 0.25) is 0 Å².